The van der Waals surface area contributed by atoms with E-state index in [9.17, 15) is 10.1 Å². The quantitative estimate of drug-likeness (QED) is 0.344. The Hall–Kier alpha value is -3.96. The second kappa shape index (κ2) is 10.3. The topological polar surface area (TPSA) is 104 Å². The molecule has 0 saturated carbocycles. The molecule has 174 valence electrons. The van der Waals surface area contributed by atoms with E-state index in [1.807, 2.05) is 32.0 Å². The molecule has 0 spiro atoms. The number of hydrogen-bond donors (Lipinski definition) is 1. The van der Waals surface area contributed by atoms with Crippen molar-refractivity contribution in [3.05, 3.63) is 81.4 Å². The van der Waals surface area contributed by atoms with Crippen molar-refractivity contribution in [2.24, 2.45) is 5.73 Å². The van der Waals surface area contributed by atoms with Crippen molar-refractivity contribution in [2.75, 3.05) is 13.2 Å². The first-order valence-electron chi connectivity index (χ1n) is 10.9. The van der Waals surface area contributed by atoms with Gasteiger partial charge in [-0.05, 0) is 48.6 Å². The molecular formula is C26H24N2O5S. The normalized spacial score (nSPS) is 14.6. The fourth-order valence-electron chi connectivity index (χ4n) is 3.70. The summed E-state index contributed by atoms with van der Waals surface area (Å²) in [4.78, 5) is 12.8. The summed E-state index contributed by atoms with van der Waals surface area (Å²) in [6, 6.07) is 16.3. The molecule has 0 radical (unpaired) electrons. The molecule has 1 unspecified atom stereocenters. The highest BCUT2D eigenvalue weighted by molar-refractivity contribution is 7.12. The van der Waals surface area contributed by atoms with Crippen molar-refractivity contribution in [1.29, 1.82) is 5.26 Å². The lowest BCUT2D eigenvalue weighted by Crippen LogP contribution is -2.21. The predicted octanol–water partition coefficient (Wildman–Crippen LogP) is 5.37. The van der Waals surface area contributed by atoms with Gasteiger partial charge >= 0.3 is 5.97 Å². The maximum Gasteiger partial charge on any atom is 0.353 e. The number of nitrogens with zero attached hydrogens (tertiary/aromatic N) is 1. The van der Waals surface area contributed by atoms with E-state index < -0.39 is 11.9 Å². The number of hydrogen-bond acceptors (Lipinski definition) is 8. The molecule has 4 rings (SSSR count). The molecular weight excluding hydrogens is 452 g/mol. The molecule has 1 aliphatic rings. The molecule has 0 saturated heterocycles. The Morgan fingerprint density at radius 3 is 2.71 bits per heavy atom. The first-order valence-corrected chi connectivity index (χ1v) is 11.8. The highest BCUT2D eigenvalue weighted by Gasteiger charge is 2.32. The summed E-state index contributed by atoms with van der Waals surface area (Å²) < 4.78 is 22.9. The number of carbonyl (C=O) groups excluding carboxylic acids is 1. The van der Waals surface area contributed by atoms with Crippen LogP contribution >= 0.6 is 11.3 Å². The van der Waals surface area contributed by atoms with E-state index >= 15 is 0 Å². The fourth-order valence-corrected chi connectivity index (χ4v) is 4.30. The summed E-state index contributed by atoms with van der Waals surface area (Å²) in [5, 5.41) is 11.7. The Labute approximate surface area is 201 Å². The number of allylic oxidation sites excluding steroid dienone is 1. The lowest BCUT2D eigenvalue weighted by molar-refractivity contribution is 0.0739. The van der Waals surface area contributed by atoms with Gasteiger partial charge in [-0.2, -0.15) is 5.26 Å². The van der Waals surface area contributed by atoms with Crippen molar-refractivity contribution in [3.8, 4) is 29.1 Å². The van der Waals surface area contributed by atoms with Gasteiger partial charge in [0.25, 0.3) is 0 Å². The number of nitrogens with two attached hydrogens (primary N) is 1. The van der Waals surface area contributed by atoms with E-state index in [0.29, 0.717) is 46.7 Å². The van der Waals surface area contributed by atoms with E-state index in [1.54, 1.807) is 35.7 Å². The fraction of sp³-hybridized carbons (Fsp3) is 0.231. The van der Waals surface area contributed by atoms with Crippen LogP contribution in [0.2, 0.25) is 0 Å². The summed E-state index contributed by atoms with van der Waals surface area (Å²) >= 11 is 1.30. The van der Waals surface area contributed by atoms with Crippen LogP contribution in [0.4, 0.5) is 0 Å². The zero-order valence-electron chi connectivity index (χ0n) is 18.9. The molecule has 1 atom stereocenters. The third-order valence-corrected chi connectivity index (χ3v) is 6.04. The molecule has 0 amide bonds. The Bertz CT molecular complexity index is 1260. The molecule has 2 N–H and O–H groups in total. The van der Waals surface area contributed by atoms with Gasteiger partial charge in [0.2, 0.25) is 5.88 Å². The number of nitriles is 1. The largest absolute Gasteiger partial charge is 0.490 e. The van der Waals surface area contributed by atoms with E-state index in [2.05, 4.69) is 6.07 Å². The van der Waals surface area contributed by atoms with Gasteiger partial charge in [0, 0.05) is 11.6 Å². The van der Waals surface area contributed by atoms with Crippen molar-refractivity contribution >= 4 is 17.3 Å². The lowest BCUT2D eigenvalue weighted by atomic mass is 9.83. The van der Waals surface area contributed by atoms with E-state index in [-0.39, 0.29) is 5.88 Å². The van der Waals surface area contributed by atoms with Gasteiger partial charge in [-0.3, -0.25) is 0 Å². The number of benzene rings is 2. The average Bonchev–Trinajstić information content (AvgIpc) is 3.38. The highest BCUT2D eigenvalue weighted by atomic mass is 32.1. The van der Waals surface area contributed by atoms with Gasteiger partial charge < -0.3 is 24.7 Å². The van der Waals surface area contributed by atoms with Crippen LogP contribution < -0.4 is 24.7 Å². The first-order chi connectivity index (χ1) is 16.5. The number of carbonyl (C=O) groups is 1. The van der Waals surface area contributed by atoms with Gasteiger partial charge in [-0.1, -0.05) is 25.1 Å². The number of thiophene rings is 1. The average molecular weight is 477 g/mol. The minimum atomic E-state index is -0.477. The predicted molar refractivity (Wildman–Crippen MR) is 128 cm³/mol. The summed E-state index contributed by atoms with van der Waals surface area (Å²) in [6.07, 6.45) is 0.873. The molecule has 7 nitrogen and oxygen atoms in total. The second-order valence-electron chi connectivity index (χ2n) is 7.48. The Morgan fingerprint density at radius 2 is 2.00 bits per heavy atom. The smallest absolute Gasteiger partial charge is 0.353 e. The van der Waals surface area contributed by atoms with Crippen LogP contribution in [-0.4, -0.2) is 19.2 Å². The van der Waals surface area contributed by atoms with Crippen LogP contribution in [0.15, 0.2) is 65.4 Å². The summed E-state index contributed by atoms with van der Waals surface area (Å²) in [5.41, 5.74) is 7.95. The SMILES string of the molecule is CCCOc1ccc(C2C(C#N)=C(N)Oc3cc(OC(=O)c4cccs4)ccc32)cc1OCC. The van der Waals surface area contributed by atoms with Crippen molar-refractivity contribution in [3.63, 3.8) is 0 Å². The van der Waals surface area contributed by atoms with Crippen molar-refractivity contribution in [2.45, 2.75) is 26.2 Å². The Balaban J connectivity index is 1.71. The van der Waals surface area contributed by atoms with Gasteiger partial charge in [0.05, 0.1) is 19.1 Å². The Kier molecular flexibility index (Phi) is 7.04. The standard InChI is InChI=1S/C26H24N2O5S/c1-3-11-31-20-10-7-16(13-22(20)30-4-2)24-18-9-8-17(32-26(29)23-6-5-12-34-23)14-21(18)33-25(28)19(24)15-27/h5-10,12-14,24H,3-4,11,28H2,1-2H3. The summed E-state index contributed by atoms with van der Waals surface area (Å²) in [7, 11) is 0. The van der Waals surface area contributed by atoms with Crippen LogP contribution in [0.1, 0.15) is 47.0 Å². The van der Waals surface area contributed by atoms with Crippen LogP contribution in [-0.2, 0) is 0 Å². The van der Waals surface area contributed by atoms with E-state index in [4.69, 9.17) is 24.7 Å². The van der Waals surface area contributed by atoms with E-state index in [0.717, 1.165) is 17.5 Å². The number of rotatable bonds is 8. The number of fused-ring (bicyclic) bond motifs is 1. The van der Waals surface area contributed by atoms with Crippen molar-refractivity contribution < 1.29 is 23.7 Å². The molecule has 1 aliphatic heterocycles. The lowest BCUT2D eigenvalue weighted by Gasteiger charge is -2.27. The van der Waals surface area contributed by atoms with Gasteiger partial charge in [-0.25, -0.2) is 4.79 Å². The van der Waals surface area contributed by atoms with Gasteiger partial charge in [-0.15, -0.1) is 11.3 Å². The van der Waals surface area contributed by atoms with Crippen LogP contribution in [0.5, 0.6) is 23.0 Å². The number of esters is 1. The second-order valence-corrected chi connectivity index (χ2v) is 8.43. The molecule has 34 heavy (non-hydrogen) atoms. The zero-order valence-corrected chi connectivity index (χ0v) is 19.7. The maximum absolute atomic E-state index is 12.3. The first kappa shape index (κ1) is 23.2. The Morgan fingerprint density at radius 1 is 1.15 bits per heavy atom. The monoisotopic (exact) mass is 476 g/mol. The summed E-state index contributed by atoms with van der Waals surface area (Å²) in [6.45, 7) is 4.98. The molecule has 2 aromatic carbocycles. The molecule has 0 bridgehead atoms. The van der Waals surface area contributed by atoms with Crippen molar-refractivity contribution in [1.82, 2.24) is 0 Å². The molecule has 0 fully saturated rings. The summed E-state index contributed by atoms with van der Waals surface area (Å²) in [5.74, 6) is 1.06. The van der Waals surface area contributed by atoms with Crippen LogP contribution in [0.3, 0.4) is 0 Å². The zero-order chi connectivity index (χ0) is 24.1. The van der Waals surface area contributed by atoms with Gasteiger partial charge in [0.1, 0.15) is 28.0 Å². The minimum Gasteiger partial charge on any atom is -0.490 e. The van der Waals surface area contributed by atoms with Crippen LogP contribution in [0, 0.1) is 11.3 Å². The maximum atomic E-state index is 12.3. The third-order valence-electron chi connectivity index (χ3n) is 5.19. The molecule has 0 aliphatic carbocycles. The molecule has 2 heterocycles. The van der Waals surface area contributed by atoms with E-state index in [1.165, 1.54) is 11.3 Å². The molecule has 1 aromatic heterocycles. The highest BCUT2D eigenvalue weighted by Crippen LogP contribution is 2.45. The number of ether oxygens (including phenoxy) is 4. The minimum absolute atomic E-state index is 0.00556. The van der Waals surface area contributed by atoms with Gasteiger partial charge in [0.15, 0.2) is 11.5 Å². The third kappa shape index (κ3) is 4.70. The molecule has 3 aromatic rings. The van der Waals surface area contributed by atoms with Crippen LogP contribution in [0.25, 0.3) is 0 Å². The molecule has 8 heteroatoms.